The zero-order chi connectivity index (χ0) is 17.6. The van der Waals surface area contributed by atoms with Crippen molar-refractivity contribution >= 4 is 5.91 Å². The molecule has 0 unspecified atom stereocenters. The first-order valence-corrected chi connectivity index (χ1v) is 8.10. The fourth-order valence-corrected chi connectivity index (χ4v) is 2.56. The summed E-state index contributed by atoms with van der Waals surface area (Å²) in [5.41, 5.74) is 3.23. The summed E-state index contributed by atoms with van der Waals surface area (Å²) in [6.07, 6.45) is 3.41. The second-order valence-corrected chi connectivity index (χ2v) is 5.50. The minimum absolute atomic E-state index is 0.201. The Morgan fingerprint density at radius 3 is 2.72 bits per heavy atom. The van der Waals surface area contributed by atoms with Crippen LogP contribution in [0.1, 0.15) is 23.0 Å². The van der Waals surface area contributed by atoms with Crippen LogP contribution in [0, 0.1) is 0 Å². The van der Waals surface area contributed by atoms with Crippen molar-refractivity contribution in [3.05, 3.63) is 66.1 Å². The summed E-state index contributed by atoms with van der Waals surface area (Å²) in [5.74, 6) is 0.568. The van der Waals surface area contributed by atoms with Crippen molar-refractivity contribution in [3.8, 4) is 17.0 Å². The summed E-state index contributed by atoms with van der Waals surface area (Å²) in [4.78, 5) is 16.4. The van der Waals surface area contributed by atoms with E-state index in [0.717, 1.165) is 22.6 Å². The van der Waals surface area contributed by atoms with Gasteiger partial charge < -0.3 is 10.1 Å². The van der Waals surface area contributed by atoms with Crippen molar-refractivity contribution in [2.45, 2.75) is 20.0 Å². The number of nitrogens with one attached hydrogen (secondary N) is 1. The fraction of sp³-hybridized carbons (Fsp3) is 0.211. The molecule has 6 nitrogen and oxygen atoms in total. The van der Waals surface area contributed by atoms with Crippen molar-refractivity contribution in [1.82, 2.24) is 20.1 Å². The lowest BCUT2D eigenvalue weighted by Crippen LogP contribution is -2.23. The van der Waals surface area contributed by atoms with Crippen LogP contribution in [0.3, 0.4) is 0 Å². The van der Waals surface area contributed by atoms with Crippen LogP contribution in [0.2, 0.25) is 0 Å². The van der Waals surface area contributed by atoms with Crippen LogP contribution in [0.15, 0.2) is 54.9 Å². The third-order valence-corrected chi connectivity index (χ3v) is 3.88. The molecule has 128 valence electrons. The van der Waals surface area contributed by atoms with Crippen LogP contribution in [0.4, 0.5) is 0 Å². The van der Waals surface area contributed by atoms with E-state index >= 15 is 0 Å². The van der Waals surface area contributed by atoms with E-state index in [4.69, 9.17) is 4.74 Å². The molecule has 1 N–H and O–H groups in total. The molecule has 25 heavy (non-hydrogen) atoms. The third kappa shape index (κ3) is 3.85. The first kappa shape index (κ1) is 16.7. The number of aromatic nitrogens is 3. The van der Waals surface area contributed by atoms with Crippen LogP contribution in [-0.2, 0) is 13.1 Å². The van der Waals surface area contributed by atoms with E-state index in [-0.39, 0.29) is 5.91 Å². The Morgan fingerprint density at radius 1 is 1.20 bits per heavy atom. The summed E-state index contributed by atoms with van der Waals surface area (Å²) in [7, 11) is 1.63. The lowest BCUT2D eigenvalue weighted by molar-refractivity contribution is 0.0945. The maximum atomic E-state index is 12.4. The Morgan fingerprint density at radius 2 is 2.00 bits per heavy atom. The standard InChI is InChI=1S/C19H20N4O2/c1-3-23-18(15-5-4-6-16(11-15)25-2)12-17(22-23)19(24)21-13-14-7-9-20-10-8-14/h4-12H,3,13H2,1-2H3,(H,21,24). The number of hydrogen-bond acceptors (Lipinski definition) is 4. The molecule has 1 amide bonds. The number of carbonyl (C=O) groups excluding carboxylic acids is 1. The number of pyridine rings is 1. The van der Waals surface area contributed by atoms with E-state index in [1.165, 1.54) is 0 Å². The number of carbonyl (C=O) groups is 1. The minimum atomic E-state index is -0.201. The van der Waals surface area contributed by atoms with Crippen LogP contribution in [0.25, 0.3) is 11.3 Å². The molecular formula is C19H20N4O2. The van der Waals surface area contributed by atoms with E-state index in [1.807, 2.05) is 48.0 Å². The van der Waals surface area contributed by atoms with Crippen molar-refractivity contribution in [3.63, 3.8) is 0 Å². The number of hydrogen-bond donors (Lipinski definition) is 1. The Labute approximate surface area is 146 Å². The molecule has 0 aliphatic carbocycles. The van der Waals surface area contributed by atoms with E-state index in [9.17, 15) is 4.79 Å². The van der Waals surface area contributed by atoms with Gasteiger partial charge in [0.2, 0.25) is 0 Å². The number of amides is 1. The predicted octanol–water partition coefficient (Wildman–Crippen LogP) is 2.90. The molecule has 0 atom stereocenters. The maximum Gasteiger partial charge on any atom is 0.272 e. The Hall–Kier alpha value is -3.15. The van der Waals surface area contributed by atoms with Crippen LogP contribution < -0.4 is 10.1 Å². The second kappa shape index (κ2) is 7.61. The van der Waals surface area contributed by atoms with Gasteiger partial charge in [-0.25, -0.2) is 0 Å². The Bertz CT molecular complexity index is 859. The van der Waals surface area contributed by atoms with Gasteiger partial charge >= 0.3 is 0 Å². The topological polar surface area (TPSA) is 69.0 Å². The molecule has 0 spiro atoms. The number of rotatable bonds is 6. The smallest absolute Gasteiger partial charge is 0.272 e. The average molecular weight is 336 g/mol. The maximum absolute atomic E-state index is 12.4. The van der Waals surface area contributed by atoms with E-state index in [0.29, 0.717) is 18.8 Å². The molecule has 0 bridgehead atoms. The summed E-state index contributed by atoms with van der Waals surface area (Å²) >= 11 is 0. The summed E-state index contributed by atoms with van der Waals surface area (Å²) < 4.78 is 7.09. The molecule has 2 heterocycles. The summed E-state index contributed by atoms with van der Waals surface area (Å²) in [6, 6.07) is 13.3. The normalized spacial score (nSPS) is 10.5. The quantitative estimate of drug-likeness (QED) is 0.751. The first-order chi connectivity index (χ1) is 12.2. The van der Waals surface area contributed by atoms with Gasteiger partial charge in [-0.15, -0.1) is 0 Å². The predicted molar refractivity (Wildman–Crippen MR) is 95.3 cm³/mol. The van der Waals surface area contributed by atoms with Gasteiger partial charge in [0, 0.05) is 31.0 Å². The number of ether oxygens (including phenoxy) is 1. The summed E-state index contributed by atoms with van der Waals surface area (Å²) in [6.45, 7) is 3.11. The first-order valence-electron chi connectivity index (χ1n) is 8.10. The number of benzene rings is 1. The molecule has 0 saturated carbocycles. The fourth-order valence-electron chi connectivity index (χ4n) is 2.56. The van der Waals surface area contributed by atoms with Gasteiger partial charge in [0.1, 0.15) is 5.75 Å². The van der Waals surface area contributed by atoms with Gasteiger partial charge in [0.05, 0.1) is 12.8 Å². The highest BCUT2D eigenvalue weighted by Crippen LogP contribution is 2.24. The Balaban J connectivity index is 1.81. The van der Waals surface area contributed by atoms with Gasteiger partial charge in [0.15, 0.2) is 5.69 Å². The molecule has 0 aliphatic heterocycles. The summed E-state index contributed by atoms with van der Waals surface area (Å²) in [5, 5.41) is 7.31. The van der Waals surface area contributed by atoms with E-state index in [2.05, 4.69) is 15.4 Å². The second-order valence-electron chi connectivity index (χ2n) is 5.50. The molecule has 0 radical (unpaired) electrons. The van der Waals surface area contributed by atoms with Gasteiger partial charge in [-0.2, -0.15) is 5.10 Å². The van der Waals surface area contributed by atoms with Gasteiger partial charge in [-0.05, 0) is 42.8 Å². The van der Waals surface area contributed by atoms with E-state index in [1.54, 1.807) is 25.6 Å². The highest BCUT2D eigenvalue weighted by molar-refractivity contribution is 5.93. The molecule has 1 aromatic carbocycles. The molecular weight excluding hydrogens is 316 g/mol. The lowest BCUT2D eigenvalue weighted by atomic mass is 10.1. The Kier molecular flexibility index (Phi) is 5.09. The van der Waals surface area contributed by atoms with Crippen molar-refractivity contribution in [2.75, 3.05) is 7.11 Å². The number of nitrogens with zero attached hydrogens (tertiary/aromatic N) is 3. The van der Waals surface area contributed by atoms with Gasteiger partial charge in [-0.3, -0.25) is 14.5 Å². The van der Waals surface area contributed by atoms with Crippen molar-refractivity contribution < 1.29 is 9.53 Å². The van der Waals surface area contributed by atoms with Gasteiger partial charge in [0.25, 0.3) is 5.91 Å². The van der Waals surface area contributed by atoms with Crippen molar-refractivity contribution in [1.29, 1.82) is 0 Å². The third-order valence-electron chi connectivity index (χ3n) is 3.88. The molecule has 3 rings (SSSR count). The molecule has 2 aromatic heterocycles. The van der Waals surface area contributed by atoms with Gasteiger partial charge in [-0.1, -0.05) is 12.1 Å². The number of aryl methyl sites for hydroxylation is 1. The zero-order valence-electron chi connectivity index (χ0n) is 14.3. The minimum Gasteiger partial charge on any atom is -0.497 e. The van der Waals surface area contributed by atoms with E-state index < -0.39 is 0 Å². The van der Waals surface area contributed by atoms with Crippen LogP contribution in [-0.4, -0.2) is 27.8 Å². The molecule has 3 aromatic rings. The highest BCUT2D eigenvalue weighted by Gasteiger charge is 2.15. The SMILES string of the molecule is CCn1nc(C(=O)NCc2ccncc2)cc1-c1cccc(OC)c1. The molecule has 6 heteroatoms. The van der Waals surface area contributed by atoms with Crippen molar-refractivity contribution in [2.24, 2.45) is 0 Å². The van der Waals surface area contributed by atoms with Crippen LogP contribution >= 0.6 is 0 Å². The van der Waals surface area contributed by atoms with Crippen LogP contribution in [0.5, 0.6) is 5.75 Å². The average Bonchev–Trinajstić information content (AvgIpc) is 3.11. The monoisotopic (exact) mass is 336 g/mol. The number of methoxy groups -OCH3 is 1. The molecule has 0 saturated heterocycles. The lowest BCUT2D eigenvalue weighted by Gasteiger charge is -2.06. The zero-order valence-corrected chi connectivity index (χ0v) is 14.3. The largest absolute Gasteiger partial charge is 0.497 e. The molecule has 0 aliphatic rings. The molecule has 0 fully saturated rings. The highest BCUT2D eigenvalue weighted by atomic mass is 16.5.